The molecule has 0 saturated heterocycles. The van der Waals surface area contributed by atoms with E-state index in [-0.39, 0.29) is 0 Å². The molecular weight excluding hydrogens is 472 g/mol. The van der Waals surface area contributed by atoms with Gasteiger partial charge in [0, 0.05) is 6.07 Å². The second-order valence-electron chi connectivity index (χ2n) is 8.72. The number of hydrogen-bond donors (Lipinski definition) is 0. The van der Waals surface area contributed by atoms with Gasteiger partial charge in [0.2, 0.25) is 0 Å². The Morgan fingerprint density at radius 2 is 1.21 bits per heavy atom. The van der Waals surface area contributed by atoms with Crippen molar-refractivity contribution in [1.82, 2.24) is 0 Å². The van der Waals surface area contributed by atoms with E-state index in [9.17, 15) is 0 Å². The normalized spacial score (nSPS) is 11.1. The van der Waals surface area contributed by atoms with Gasteiger partial charge in [-0.05, 0) is 52.9 Å². The first-order valence-electron chi connectivity index (χ1n) is 12.9. The minimum absolute atomic E-state index is 0.471. The number of methoxy groups -OCH3 is 1. The SMILES string of the molecule is CC/C=C/COc1cc(/C=C/c2ccc(OC)c(OCc3ccccc3)c2)cc(OCc2ccccc2)c1. The molecule has 0 saturated carbocycles. The van der Waals surface area contributed by atoms with Crippen LogP contribution in [0.4, 0.5) is 0 Å². The van der Waals surface area contributed by atoms with E-state index < -0.39 is 0 Å². The molecule has 0 N–H and O–H groups in total. The molecule has 0 aliphatic carbocycles. The molecule has 38 heavy (non-hydrogen) atoms. The van der Waals surface area contributed by atoms with E-state index in [2.05, 4.69) is 25.1 Å². The number of ether oxygens (including phenoxy) is 4. The van der Waals surface area contributed by atoms with Crippen molar-refractivity contribution < 1.29 is 18.9 Å². The van der Waals surface area contributed by atoms with Gasteiger partial charge < -0.3 is 18.9 Å². The van der Waals surface area contributed by atoms with Crippen molar-refractivity contribution in [1.29, 1.82) is 0 Å². The summed E-state index contributed by atoms with van der Waals surface area (Å²) in [7, 11) is 1.65. The summed E-state index contributed by atoms with van der Waals surface area (Å²) >= 11 is 0. The van der Waals surface area contributed by atoms with E-state index in [1.54, 1.807) is 7.11 Å². The average Bonchev–Trinajstić information content (AvgIpc) is 2.97. The predicted molar refractivity (Wildman–Crippen MR) is 155 cm³/mol. The van der Waals surface area contributed by atoms with Crippen LogP contribution in [0.15, 0.2) is 109 Å². The summed E-state index contributed by atoms with van der Waals surface area (Å²) in [5, 5.41) is 0. The Morgan fingerprint density at radius 1 is 0.579 bits per heavy atom. The number of hydrogen-bond acceptors (Lipinski definition) is 4. The van der Waals surface area contributed by atoms with Gasteiger partial charge in [-0.25, -0.2) is 0 Å². The van der Waals surface area contributed by atoms with E-state index in [0.29, 0.717) is 31.3 Å². The van der Waals surface area contributed by atoms with Crippen LogP contribution in [0.25, 0.3) is 12.2 Å². The third-order valence-electron chi connectivity index (χ3n) is 5.79. The van der Waals surface area contributed by atoms with Gasteiger partial charge in [-0.1, -0.05) is 98.0 Å². The van der Waals surface area contributed by atoms with Crippen molar-refractivity contribution in [3.8, 4) is 23.0 Å². The van der Waals surface area contributed by atoms with Crippen molar-refractivity contribution in [3.05, 3.63) is 131 Å². The van der Waals surface area contributed by atoms with Crippen molar-refractivity contribution in [3.63, 3.8) is 0 Å². The maximum absolute atomic E-state index is 6.11. The van der Waals surface area contributed by atoms with Crippen LogP contribution in [0.1, 0.15) is 35.6 Å². The molecule has 0 aliphatic heterocycles. The molecule has 4 rings (SSSR count). The van der Waals surface area contributed by atoms with Gasteiger partial charge in [-0.2, -0.15) is 0 Å². The molecule has 0 amide bonds. The van der Waals surface area contributed by atoms with Crippen molar-refractivity contribution in [2.75, 3.05) is 13.7 Å². The summed E-state index contributed by atoms with van der Waals surface area (Å²) in [4.78, 5) is 0. The van der Waals surface area contributed by atoms with Crippen LogP contribution in [0.2, 0.25) is 0 Å². The van der Waals surface area contributed by atoms with Gasteiger partial charge >= 0.3 is 0 Å². The van der Waals surface area contributed by atoms with Gasteiger partial charge in [0.1, 0.15) is 31.3 Å². The van der Waals surface area contributed by atoms with Gasteiger partial charge in [0.15, 0.2) is 11.5 Å². The van der Waals surface area contributed by atoms with Gasteiger partial charge in [-0.3, -0.25) is 0 Å². The summed E-state index contributed by atoms with van der Waals surface area (Å²) in [6.07, 6.45) is 9.20. The highest BCUT2D eigenvalue weighted by Crippen LogP contribution is 2.30. The van der Waals surface area contributed by atoms with Crippen LogP contribution in [0, 0.1) is 0 Å². The first-order chi connectivity index (χ1) is 18.7. The number of benzene rings is 4. The van der Waals surface area contributed by atoms with Crippen LogP contribution in [-0.4, -0.2) is 13.7 Å². The zero-order chi connectivity index (χ0) is 26.4. The Bertz CT molecular complexity index is 1330. The fourth-order valence-corrected chi connectivity index (χ4v) is 3.81. The lowest BCUT2D eigenvalue weighted by atomic mass is 10.1. The Balaban J connectivity index is 1.52. The standard InChI is InChI=1S/C34H34O4/c1-3-4-11-20-36-31-21-30(22-32(24-31)37-25-28-12-7-5-8-13-28)17-16-27-18-19-33(35-2)34(23-27)38-26-29-14-9-6-10-15-29/h4-19,21-24H,3,20,25-26H2,1-2H3/b11-4+,17-16+. The maximum Gasteiger partial charge on any atom is 0.162 e. The summed E-state index contributed by atoms with van der Waals surface area (Å²) in [5.41, 5.74) is 4.19. The summed E-state index contributed by atoms with van der Waals surface area (Å²) in [6, 6.07) is 32.1. The highest BCUT2D eigenvalue weighted by atomic mass is 16.5. The zero-order valence-corrected chi connectivity index (χ0v) is 22.0. The van der Waals surface area contributed by atoms with E-state index in [0.717, 1.165) is 40.2 Å². The molecule has 0 fully saturated rings. The Labute approximate surface area is 225 Å². The monoisotopic (exact) mass is 506 g/mol. The summed E-state index contributed by atoms with van der Waals surface area (Å²) in [5.74, 6) is 2.92. The van der Waals surface area contributed by atoms with Crippen LogP contribution >= 0.6 is 0 Å². The molecule has 0 aromatic heterocycles. The van der Waals surface area contributed by atoms with Crippen molar-refractivity contribution in [2.24, 2.45) is 0 Å². The molecule has 0 aliphatic rings. The topological polar surface area (TPSA) is 36.9 Å². The zero-order valence-electron chi connectivity index (χ0n) is 22.0. The lowest BCUT2D eigenvalue weighted by Gasteiger charge is -2.12. The first kappa shape index (κ1) is 26.6. The summed E-state index contributed by atoms with van der Waals surface area (Å²) < 4.78 is 23.7. The first-order valence-corrected chi connectivity index (χ1v) is 12.9. The minimum Gasteiger partial charge on any atom is -0.493 e. The number of rotatable bonds is 13. The number of allylic oxidation sites excluding steroid dienone is 1. The second-order valence-corrected chi connectivity index (χ2v) is 8.72. The van der Waals surface area contributed by atoms with E-state index >= 15 is 0 Å². The van der Waals surface area contributed by atoms with Crippen LogP contribution in [0.5, 0.6) is 23.0 Å². The second kappa shape index (κ2) is 14.3. The quantitative estimate of drug-likeness (QED) is 0.135. The summed E-state index contributed by atoms with van der Waals surface area (Å²) in [6.45, 7) is 3.58. The molecule has 4 nitrogen and oxygen atoms in total. The molecule has 4 aromatic rings. The van der Waals surface area contributed by atoms with Crippen LogP contribution in [0.3, 0.4) is 0 Å². The molecule has 0 unspecified atom stereocenters. The highest BCUT2D eigenvalue weighted by molar-refractivity contribution is 5.72. The lowest BCUT2D eigenvalue weighted by molar-refractivity contribution is 0.284. The Morgan fingerprint density at radius 3 is 1.87 bits per heavy atom. The molecule has 0 heterocycles. The molecule has 0 radical (unpaired) electrons. The maximum atomic E-state index is 6.11. The molecule has 0 atom stereocenters. The largest absolute Gasteiger partial charge is 0.493 e. The van der Waals surface area contributed by atoms with Gasteiger partial charge in [0.05, 0.1) is 7.11 Å². The molecule has 4 aromatic carbocycles. The van der Waals surface area contributed by atoms with Gasteiger partial charge in [-0.15, -0.1) is 0 Å². The van der Waals surface area contributed by atoms with Crippen molar-refractivity contribution >= 4 is 12.2 Å². The molecule has 194 valence electrons. The third-order valence-corrected chi connectivity index (χ3v) is 5.79. The van der Waals surface area contributed by atoms with Crippen LogP contribution < -0.4 is 18.9 Å². The average molecular weight is 507 g/mol. The molecule has 0 spiro atoms. The van der Waals surface area contributed by atoms with E-state index in [4.69, 9.17) is 18.9 Å². The van der Waals surface area contributed by atoms with Gasteiger partial charge in [0.25, 0.3) is 0 Å². The molecular formula is C34H34O4. The third kappa shape index (κ3) is 8.31. The van der Waals surface area contributed by atoms with Crippen LogP contribution in [-0.2, 0) is 13.2 Å². The Kier molecular flexibility index (Phi) is 10.0. The Hall–Kier alpha value is -4.44. The molecule has 0 bridgehead atoms. The fourth-order valence-electron chi connectivity index (χ4n) is 3.81. The minimum atomic E-state index is 0.471. The van der Waals surface area contributed by atoms with E-state index in [1.165, 1.54) is 0 Å². The molecule has 4 heteroatoms. The highest BCUT2D eigenvalue weighted by Gasteiger charge is 2.07. The van der Waals surface area contributed by atoms with E-state index in [1.807, 2.05) is 103 Å². The predicted octanol–water partition coefficient (Wildman–Crippen LogP) is 8.37. The van der Waals surface area contributed by atoms with Crippen molar-refractivity contribution in [2.45, 2.75) is 26.6 Å². The smallest absolute Gasteiger partial charge is 0.162 e. The fraction of sp³-hybridized carbons (Fsp3) is 0.176. The lowest BCUT2D eigenvalue weighted by Crippen LogP contribution is -1.98.